The third kappa shape index (κ3) is 3.61. The Kier molecular flexibility index (Phi) is 4.51. The molecule has 1 atom stereocenters. The minimum absolute atomic E-state index is 0.339. The van der Waals surface area contributed by atoms with Crippen LogP contribution in [-0.4, -0.2) is 30.7 Å². The van der Waals surface area contributed by atoms with E-state index in [-0.39, 0.29) is 0 Å². The van der Waals surface area contributed by atoms with Gasteiger partial charge < -0.3 is 10.2 Å². The maximum atomic E-state index is 12.8. The van der Waals surface area contributed by atoms with Gasteiger partial charge in [-0.05, 0) is 30.5 Å². The number of hydrogen-bond acceptors (Lipinski definition) is 4. The SMILES string of the molecule is CC(C)C[C@@H]1CNCCN1c1nc2ccc(C(F)(F)F)cc2s1. The molecule has 0 spiro atoms. The van der Waals surface area contributed by atoms with Crippen LogP contribution in [0.15, 0.2) is 18.2 Å². The fraction of sp³-hybridized carbons (Fsp3) is 0.562. The van der Waals surface area contributed by atoms with Gasteiger partial charge in [-0.2, -0.15) is 13.2 Å². The number of rotatable bonds is 3. The van der Waals surface area contributed by atoms with Crippen molar-refractivity contribution < 1.29 is 13.2 Å². The van der Waals surface area contributed by atoms with Gasteiger partial charge in [0.25, 0.3) is 0 Å². The second kappa shape index (κ2) is 6.28. The van der Waals surface area contributed by atoms with Crippen molar-refractivity contribution in [2.24, 2.45) is 5.92 Å². The lowest BCUT2D eigenvalue weighted by atomic mass is 10.0. The first-order valence-corrected chi connectivity index (χ1v) is 8.61. The van der Waals surface area contributed by atoms with Crippen LogP contribution in [0.3, 0.4) is 0 Å². The maximum absolute atomic E-state index is 12.8. The van der Waals surface area contributed by atoms with Crippen molar-refractivity contribution in [2.45, 2.75) is 32.5 Å². The summed E-state index contributed by atoms with van der Waals surface area (Å²) in [4.78, 5) is 6.81. The summed E-state index contributed by atoms with van der Waals surface area (Å²) < 4.78 is 39.1. The summed E-state index contributed by atoms with van der Waals surface area (Å²) in [6, 6.07) is 4.12. The Bertz CT molecular complexity index is 681. The molecular weight excluding hydrogens is 323 g/mol. The fourth-order valence-electron chi connectivity index (χ4n) is 2.98. The molecular formula is C16H20F3N3S. The lowest BCUT2D eigenvalue weighted by molar-refractivity contribution is -0.137. The molecule has 2 heterocycles. The van der Waals surface area contributed by atoms with Gasteiger partial charge in [-0.15, -0.1) is 0 Å². The number of nitrogens with one attached hydrogen (secondary N) is 1. The predicted molar refractivity (Wildman–Crippen MR) is 88.1 cm³/mol. The minimum Gasteiger partial charge on any atom is -0.343 e. The zero-order valence-electron chi connectivity index (χ0n) is 13.2. The van der Waals surface area contributed by atoms with Gasteiger partial charge in [0.2, 0.25) is 0 Å². The zero-order chi connectivity index (χ0) is 16.6. The van der Waals surface area contributed by atoms with Gasteiger partial charge in [-0.25, -0.2) is 4.98 Å². The summed E-state index contributed by atoms with van der Waals surface area (Å²) in [7, 11) is 0. The number of nitrogens with zero attached hydrogens (tertiary/aromatic N) is 2. The van der Waals surface area contributed by atoms with Crippen LogP contribution in [0.5, 0.6) is 0 Å². The summed E-state index contributed by atoms with van der Waals surface area (Å²) in [5.74, 6) is 0.564. The summed E-state index contributed by atoms with van der Waals surface area (Å²) in [5.41, 5.74) is 0.0269. The van der Waals surface area contributed by atoms with E-state index in [1.165, 1.54) is 23.5 Å². The van der Waals surface area contributed by atoms with E-state index in [1.54, 1.807) is 0 Å². The van der Waals surface area contributed by atoms with Gasteiger partial charge in [0.15, 0.2) is 5.13 Å². The van der Waals surface area contributed by atoms with Gasteiger partial charge in [0, 0.05) is 25.7 Å². The smallest absolute Gasteiger partial charge is 0.343 e. The van der Waals surface area contributed by atoms with Crippen LogP contribution in [0, 0.1) is 5.92 Å². The standard InChI is InChI=1S/C16H20F3N3S/c1-10(2)7-12-9-20-5-6-22(12)15-21-13-4-3-11(16(17,18)19)8-14(13)23-15/h3-4,8,10,12,20H,5-7,9H2,1-2H3/t12-/m1/s1. The molecule has 1 aliphatic heterocycles. The number of alkyl halides is 3. The molecule has 126 valence electrons. The van der Waals surface area contributed by atoms with E-state index in [0.717, 1.165) is 37.3 Å². The van der Waals surface area contributed by atoms with Gasteiger partial charge in [0.05, 0.1) is 15.8 Å². The molecule has 1 N–H and O–H groups in total. The van der Waals surface area contributed by atoms with Gasteiger partial charge in [-0.3, -0.25) is 0 Å². The number of piperazine rings is 1. The average Bonchev–Trinajstić information content (AvgIpc) is 2.89. The van der Waals surface area contributed by atoms with Gasteiger partial charge in [0.1, 0.15) is 0 Å². The number of aromatic nitrogens is 1. The highest BCUT2D eigenvalue weighted by atomic mass is 32.1. The summed E-state index contributed by atoms with van der Waals surface area (Å²) in [6.45, 7) is 6.96. The molecule has 3 nitrogen and oxygen atoms in total. The van der Waals surface area contributed by atoms with Crippen molar-refractivity contribution in [3.8, 4) is 0 Å². The normalized spacial score (nSPS) is 19.7. The van der Waals surface area contributed by atoms with E-state index in [4.69, 9.17) is 0 Å². The molecule has 0 unspecified atom stereocenters. The summed E-state index contributed by atoms with van der Waals surface area (Å²) in [6.07, 6.45) is -3.27. The molecule has 1 aliphatic rings. The minimum atomic E-state index is -4.31. The van der Waals surface area contributed by atoms with Crippen molar-refractivity contribution in [2.75, 3.05) is 24.5 Å². The zero-order valence-corrected chi connectivity index (χ0v) is 14.0. The molecule has 0 aliphatic carbocycles. The van der Waals surface area contributed by atoms with Crippen LogP contribution in [0.2, 0.25) is 0 Å². The number of benzene rings is 1. The summed E-state index contributed by atoms with van der Waals surface area (Å²) in [5, 5.41) is 4.21. The quantitative estimate of drug-likeness (QED) is 0.908. The highest BCUT2D eigenvalue weighted by Crippen LogP contribution is 2.36. The lowest BCUT2D eigenvalue weighted by Gasteiger charge is -2.37. The number of halogens is 3. The Labute approximate surface area is 137 Å². The molecule has 23 heavy (non-hydrogen) atoms. The van der Waals surface area contributed by atoms with Crippen LogP contribution < -0.4 is 10.2 Å². The Morgan fingerprint density at radius 3 is 2.87 bits per heavy atom. The Morgan fingerprint density at radius 2 is 2.17 bits per heavy atom. The highest BCUT2D eigenvalue weighted by molar-refractivity contribution is 7.22. The number of anilines is 1. The fourth-order valence-corrected chi connectivity index (χ4v) is 4.08. The van der Waals surface area contributed by atoms with Crippen molar-refractivity contribution in [3.63, 3.8) is 0 Å². The molecule has 3 rings (SSSR count). The molecule has 7 heteroatoms. The lowest BCUT2D eigenvalue weighted by Crippen LogP contribution is -2.51. The first-order valence-electron chi connectivity index (χ1n) is 7.80. The molecule has 1 fully saturated rings. The Morgan fingerprint density at radius 1 is 1.39 bits per heavy atom. The van der Waals surface area contributed by atoms with Crippen molar-refractivity contribution in [1.29, 1.82) is 0 Å². The Balaban J connectivity index is 1.92. The number of fused-ring (bicyclic) bond motifs is 1. The molecule has 0 saturated carbocycles. The highest BCUT2D eigenvalue weighted by Gasteiger charge is 2.31. The molecule has 0 bridgehead atoms. The van der Waals surface area contributed by atoms with E-state index < -0.39 is 11.7 Å². The van der Waals surface area contributed by atoms with Crippen LogP contribution >= 0.6 is 11.3 Å². The predicted octanol–water partition coefficient (Wildman–Crippen LogP) is 4.14. The summed E-state index contributed by atoms with van der Waals surface area (Å²) >= 11 is 1.35. The van der Waals surface area contributed by atoms with Crippen molar-refractivity contribution >= 4 is 26.7 Å². The van der Waals surface area contributed by atoms with E-state index in [2.05, 4.69) is 29.0 Å². The molecule has 1 saturated heterocycles. The van der Waals surface area contributed by atoms with Gasteiger partial charge >= 0.3 is 6.18 Å². The topological polar surface area (TPSA) is 28.2 Å². The molecule has 2 aromatic rings. The average molecular weight is 343 g/mol. The van der Waals surface area contributed by atoms with Crippen LogP contribution in [0.4, 0.5) is 18.3 Å². The van der Waals surface area contributed by atoms with Crippen LogP contribution in [0.25, 0.3) is 10.2 Å². The second-order valence-electron chi connectivity index (χ2n) is 6.36. The molecule has 1 aromatic heterocycles. The molecule has 0 amide bonds. The second-order valence-corrected chi connectivity index (χ2v) is 7.37. The van der Waals surface area contributed by atoms with E-state index in [9.17, 15) is 13.2 Å². The van der Waals surface area contributed by atoms with Crippen molar-refractivity contribution in [3.05, 3.63) is 23.8 Å². The molecule has 1 aromatic carbocycles. The Hall–Kier alpha value is -1.34. The largest absolute Gasteiger partial charge is 0.416 e. The third-order valence-corrected chi connectivity index (χ3v) is 5.10. The third-order valence-electron chi connectivity index (χ3n) is 4.04. The number of thiazole rings is 1. The number of hydrogen-bond donors (Lipinski definition) is 1. The first kappa shape index (κ1) is 16.5. The first-order chi connectivity index (χ1) is 10.8. The van der Waals surface area contributed by atoms with Crippen molar-refractivity contribution in [1.82, 2.24) is 10.3 Å². The monoisotopic (exact) mass is 343 g/mol. The molecule has 0 radical (unpaired) electrons. The van der Waals surface area contributed by atoms with Crippen LogP contribution in [0.1, 0.15) is 25.8 Å². The van der Waals surface area contributed by atoms with E-state index in [1.807, 2.05) is 0 Å². The van der Waals surface area contributed by atoms with E-state index >= 15 is 0 Å². The maximum Gasteiger partial charge on any atom is 0.416 e. The van der Waals surface area contributed by atoms with E-state index in [0.29, 0.717) is 22.2 Å². The van der Waals surface area contributed by atoms with Crippen LogP contribution in [-0.2, 0) is 6.18 Å². The van der Waals surface area contributed by atoms with Gasteiger partial charge in [-0.1, -0.05) is 25.2 Å².